The summed E-state index contributed by atoms with van der Waals surface area (Å²) in [5.74, 6) is 0.819. The summed E-state index contributed by atoms with van der Waals surface area (Å²) in [4.78, 5) is 11.7. The minimum atomic E-state index is 0.00187. The van der Waals surface area contributed by atoms with Gasteiger partial charge in [0.1, 0.15) is 12.3 Å². The minimum absolute atomic E-state index is 0.00187. The van der Waals surface area contributed by atoms with E-state index in [1.165, 1.54) is 0 Å². The van der Waals surface area contributed by atoms with E-state index in [4.69, 9.17) is 4.74 Å². The highest BCUT2D eigenvalue weighted by Gasteiger charge is 2.01. The first-order chi connectivity index (χ1) is 8.78. The highest BCUT2D eigenvalue weighted by Crippen LogP contribution is 2.10. The minimum Gasteiger partial charge on any atom is -0.497 e. The predicted octanol–water partition coefficient (Wildman–Crippen LogP) is 1.81. The zero-order valence-corrected chi connectivity index (χ0v) is 10.3. The van der Waals surface area contributed by atoms with Crippen LogP contribution in [-0.2, 0) is 17.9 Å². The van der Waals surface area contributed by atoms with E-state index in [0.29, 0.717) is 13.1 Å². The molecule has 1 N–H and O–H groups in total. The summed E-state index contributed by atoms with van der Waals surface area (Å²) in [6, 6.07) is 11.4. The van der Waals surface area contributed by atoms with Crippen LogP contribution in [0.25, 0.3) is 0 Å². The maximum Gasteiger partial charge on any atom is 0.240 e. The van der Waals surface area contributed by atoms with Gasteiger partial charge in [0, 0.05) is 18.9 Å². The molecule has 0 unspecified atom stereocenters. The molecule has 1 amide bonds. The van der Waals surface area contributed by atoms with Gasteiger partial charge in [-0.15, -0.1) is 0 Å². The first-order valence-electron chi connectivity index (χ1n) is 5.78. The van der Waals surface area contributed by atoms with Crippen LogP contribution in [-0.4, -0.2) is 17.6 Å². The van der Waals surface area contributed by atoms with E-state index < -0.39 is 0 Å². The number of amides is 1. The maximum absolute atomic E-state index is 11.7. The molecule has 1 aromatic carbocycles. The number of hydrogen-bond donors (Lipinski definition) is 1. The van der Waals surface area contributed by atoms with E-state index in [2.05, 4.69) is 5.32 Å². The Morgan fingerprint density at radius 2 is 1.89 bits per heavy atom. The maximum atomic E-state index is 11.7. The van der Waals surface area contributed by atoms with Gasteiger partial charge in [0.25, 0.3) is 0 Å². The molecular formula is C14H16N2O2. The van der Waals surface area contributed by atoms with Crippen LogP contribution in [0, 0.1) is 0 Å². The topological polar surface area (TPSA) is 43.3 Å². The van der Waals surface area contributed by atoms with Gasteiger partial charge in [0.2, 0.25) is 5.91 Å². The molecule has 4 heteroatoms. The van der Waals surface area contributed by atoms with Crippen LogP contribution in [0.5, 0.6) is 5.75 Å². The quantitative estimate of drug-likeness (QED) is 0.871. The molecule has 0 fully saturated rings. The van der Waals surface area contributed by atoms with E-state index in [1.807, 2.05) is 53.4 Å². The number of carbonyl (C=O) groups is 1. The van der Waals surface area contributed by atoms with Crippen molar-refractivity contribution in [3.8, 4) is 5.75 Å². The third kappa shape index (κ3) is 3.38. The van der Waals surface area contributed by atoms with E-state index in [-0.39, 0.29) is 5.91 Å². The summed E-state index contributed by atoms with van der Waals surface area (Å²) in [5, 5.41) is 2.87. The molecule has 1 heterocycles. The molecule has 1 aromatic heterocycles. The fourth-order valence-corrected chi connectivity index (χ4v) is 1.64. The number of carbonyl (C=O) groups excluding carboxylic acids is 1. The van der Waals surface area contributed by atoms with Crippen LogP contribution in [0.4, 0.5) is 0 Å². The number of ether oxygens (including phenoxy) is 1. The fourth-order valence-electron chi connectivity index (χ4n) is 1.64. The monoisotopic (exact) mass is 244 g/mol. The van der Waals surface area contributed by atoms with E-state index in [9.17, 15) is 4.79 Å². The molecule has 0 aliphatic rings. The van der Waals surface area contributed by atoms with Crippen molar-refractivity contribution in [2.45, 2.75) is 13.1 Å². The molecule has 0 atom stereocenters. The number of benzene rings is 1. The first-order valence-corrected chi connectivity index (χ1v) is 5.78. The van der Waals surface area contributed by atoms with E-state index in [0.717, 1.165) is 11.3 Å². The molecular weight excluding hydrogens is 228 g/mol. The normalized spacial score (nSPS) is 10.1. The number of hydrogen-bond acceptors (Lipinski definition) is 2. The Hall–Kier alpha value is -2.23. The Labute approximate surface area is 106 Å². The molecule has 0 spiro atoms. The molecule has 0 radical (unpaired) electrons. The Kier molecular flexibility index (Phi) is 4.02. The van der Waals surface area contributed by atoms with Crippen LogP contribution >= 0.6 is 0 Å². The largest absolute Gasteiger partial charge is 0.497 e. The average Bonchev–Trinajstić information content (AvgIpc) is 2.90. The van der Waals surface area contributed by atoms with Crippen molar-refractivity contribution in [1.82, 2.24) is 9.88 Å². The third-order valence-corrected chi connectivity index (χ3v) is 2.64. The van der Waals surface area contributed by atoms with Crippen LogP contribution in [0.1, 0.15) is 5.56 Å². The van der Waals surface area contributed by atoms with Gasteiger partial charge in [0.05, 0.1) is 7.11 Å². The summed E-state index contributed by atoms with van der Waals surface area (Å²) in [6.45, 7) is 0.882. The van der Waals surface area contributed by atoms with Gasteiger partial charge in [-0.3, -0.25) is 4.79 Å². The van der Waals surface area contributed by atoms with Gasteiger partial charge in [-0.1, -0.05) is 12.1 Å². The van der Waals surface area contributed by atoms with Crippen molar-refractivity contribution < 1.29 is 9.53 Å². The number of nitrogens with one attached hydrogen (secondary N) is 1. The smallest absolute Gasteiger partial charge is 0.240 e. The highest BCUT2D eigenvalue weighted by atomic mass is 16.5. The van der Waals surface area contributed by atoms with Gasteiger partial charge in [0.15, 0.2) is 0 Å². The second-order valence-electron chi connectivity index (χ2n) is 3.98. The van der Waals surface area contributed by atoms with Crippen molar-refractivity contribution in [2.24, 2.45) is 0 Å². The molecule has 2 aromatic rings. The average molecular weight is 244 g/mol. The summed E-state index contributed by atoms with van der Waals surface area (Å²) in [6.07, 6.45) is 3.74. The van der Waals surface area contributed by atoms with Crippen LogP contribution < -0.4 is 10.1 Å². The molecule has 0 aliphatic carbocycles. The van der Waals surface area contributed by atoms with Gasteiger partial charge in [-0.25, -0.2) is 0 Å². The summed E-state index contributed by atoms with van der Waals surface area (Å²) in [5.41, 5.74) is 1.05. The zero-order valence-electron chi connectivity index (χ0n) is 10.3. The van der Waals surface area contributed by atoms with Crippen molar-refractivity contribution >= 4 is 5.91 Å². The number of aromatic nitrogens is 1. The van der Waals surface area contributed by atoms with Crippen molar-refractivity contribution in [3.05, 3.63) is 54.4 Å². The Bertz CT molecular complexity index is 489. The fraction of sp³-hybridized carbons (Fsp3) is 0.214. The summed E-state index contributed by atoms with van der Waals surface area (Å²) in [7, 11) is 1.63. The predicted molar refractivity (Wildman–Crippen MR) is 69.3 cm³/mol. The lowest BCUT2D eigenvalue weighted by Gasteiger charge is -2.07. The van der Waals surface area contributed by atoms with E-state index >= 15 is 0 Å². The lowest BCUT2D eigenvalue weighted by atomic mass is 10.2. The lowest BCUT2D eigenvalue weighted by molar-refractivity contribution is -0.121. The first kappa shape index (κ1) is 12.2. The molecule has 94 valence electrons. The number of rotatable bonds is 5. The van der Waals surface area contributed by atoms with Crippen LogP contribution in [0.3, 0.4) is 0 Å². The van der Waals surface area contributed by atoms with Crippen LogP contribution in [0.15, 0.2) is 48.8 Å². The van der Waals surface area contributed by atoms with Gasteiger partial charge < -0.3 is 14.6 Å². The van der Waals surface area contributed by atoms with Crippen LogP contribution in [0.2, 0.25) is 0 Å². The summed E-state index contributed by atoms with van der Waals surface area (Å²) < 4.78 is 6.91. The Morgan fingerprint density at radius 3 is 2.50 bits per heavy atom. The van der Waals surface area contributed by atoms with Gasteiger partial charge >= 0.3 is 0 Å². The van der Waals surface area contributed by atoms with Gasteiger partial charge in [-0.05, 0) is 29.8 Å². The van der Waals surface area contributed by atoms with E-state index in [1.54, 1.807) is 7.11 Å². The SMILES string of the molecule is COc1ccc(CNC(=O)Cn2cccc2)cc1. The molecule has 18 heavy (non-hydrogen) atoms. The lowest BCUT2D eigenvalue weighted by Crippen LogP contribution is -2.26. The van der Waals surface area contributed by atoms with Crippen molar-refractivity contribution in [2.75, 3.05) is 7.11 Å². The standard InChI is InChI=1S/C14H16N2O2/c1-18-13-6-4-12(5-7-13)10-15-14(17)11-16-8-2-3-9-16/h2-9H,10-11H2,1H3,(H,15,17). The summed E-state index contributed by atoms with van der Waals surface area (Å²) >= 11 is 0. The number of methoxy groups -OCH3 is 1. The third-order valence-electron chi connectivity index (χ3n) is 2.64. The zero-order chi connectivity index (χ0) is 12.8. The Balaban J connectivity index is 1.81. The highest BCUT2D eigenvalue weighted by molar-refractivity contribution is 5.75. The molecule has 0 saturated carbocycles. The molecule has 0 bridgehead atoms. The molecule has 2 rings (SSSR count). The van der Waals surface area contributed by atoms with Gasteiger partial charge in [-0.2, -0.15) is 0 Å². The molecule has 0 saturated heterocycles. The van der Waals surface area contributed by atoms with Crippen molar-refractivity contribution in [3.63, 3.8) is 0 Å². The molecule has 4 nitrogen and oxygen atoms in total. The second-order valence-corrected chi connectivity index (χ2v) is 3.98. The Morgan fingerprint density at radius 1 is 1.22 bits per heavy atom. The second kappa shape index (κ2) is 5.91. The number of nitrogens with zero attached hydrogens (tertiary/aromatic N) is 1. The molecule has 0 aliphatic heterocycles. The van der Waals surface area contributed by atoms with Crippen molar-refractivity contribution in [1.29, 1.82) is 0 Å².